The van der Waals surface area contributed by atoms with Gasteiger partial charge in [-0.3, -0.25) is 9.78 Å². The van der Waals surface area contributed by atoms with Gasteiger partial charge < -0.3 is 19.7 Å². The summed E-state index contributed by atoms with van der Waals surface area (Å²) in [5.74, 6) is 0.520. The molecule has 3 atom stereocenters. The second kappa shape index (κ2) is 12.6. The number of amides is 1. The predicted molar refractivity (Wildman–Crippen MR) is 168 cm³/mol. The minimum atomic E-state index is -3.51. The topological polar surface area (TPSA) is 124 Å². The van der Waals surface area contributed by atoms with Gasteiger partial charge in [0.15, 0.2) is 9.84 Å². The number of carbonyl (C=O) groups is 1. The smallest absolute Gasteiger partial charge is 0.251 e. The van der Waals surface area contributed by atoms with Crippen LogP contribution in [-0.4, -0.2) is 73.0 Å². The van der Waals surface area contributed by atoms with Crippen molar-refractivity contribution in [2.24, 2.45) is 0 Å². The highest BCUT2D eigenvalue weighted by atomic mass is 32.2. The van der Waals surface area contributed by atoms with Gasteiger partial charge in [-0.05, 0) is 81.6 Å². The van der Waals surface area contributed by atoms with Crippen molar-refractivity contribution in [3.8, 4) is 11.4 Å². The first-order valence-electron chi connectivity index (χ1n) is 15.1. The fraction of sp³-hybridized carbons (Fsp3) is 0.394. The van der Waals surface area contributed by atoms with E-state index in [1.54, 1.807) is 18.3 Å². The van der Waals surface area contributed by atoms with E-state index < -0.39 is 9.84 Å². The van der Waals surface area contributed by atoms with Crippen molar-refractivity contribution in [1.29, 1.82) is 0 Å². The lowest BCUT2D eigenvalue weighted by atomic mass is 10.0. The van der Waals surface area contributed by atoms with Gasteiger partial charge in [-0.2, -0.15) is 0 Å². The Kier molecular flexibility index (Phi) is 8.61. The van der Waals surface area contributed by atoms with Gasteiger partial charge >= 0.3 is 0 Å². The average molecular weight is 616 g/mol. The number of fused-ring (bicyclic) bond motifs is 2. The van der Waals surface area contributed by atoms with Crippen molar-refractivity contribution < 1.29 is 22.7 Å². The van der Waals surface area contributed by atoms with Gasteiger partial charge in [-0.1, -0.05) is 12.1 Å². The van der Waals surface area contributed by atoms with Crippen LogP contribution in [0, 0.1) is 0 Å². The molecule has 2 aliphatic rings. The lowest BCUT2D eigenvalue weighted by Gasteiger charge is -2.36. The number of benzene rings is 1. The van der Waals surface area contributed by atoms with E-state index in [0.717, 1.165) is 41.2 Å². The molecule has 44 heavy (non-hydrogen) atoms. The minimum absolute atomic E-state index is 0.00280. The zero-order valence-electron chi connectivity index (χ0n) is 25.2. The first-order chi connectivity index (χ1) is 21.2. The first-order valence-corrected chi connectivity index (χ1v) is 16.7. The lowest BCUT2D eigenvalue weighted by Crippen LogP contribution is -2.45. The van der Waals surface area contributed by atoms with Gasteiger partial charge in [0.05, 0.1) is 58.1 Å². The average Bonchev–Trinajstić information content (AvgIpc) is 3.14. The second-order valence-electron chi connectivity index (χ2n) is 11.5. The summed E-state index contributed by atoms with van der Waals surface area (Å²) in [6.45, 7) is 8.29. The molecule has 1 amide bonds. The Morgan fingerprint density at radius 3 is 2.64 bits per heavy atom. The zero-order valence-corrected chi connectivity index (χ0v) is 26.0. The number of anilines is 1. The van der Waals surface area contributed by atoms with Crippen LogP contribution in [0.4, 0.5) is 5.82 Å². The van der Waals surface area contributed by atoms with E-state index >= 15 is 0 Å². The van der Waals surface area contributed by atoms with E-state index in [2.05, 4.69) is 29.0 Å². The van der Waals surface area contributed by atoms with Gasteiger partial charge in [0.25, 0.3) is 5.91 Å². The Labute approximate surface area is 257 Å². The summed E-state index contributed by atoms with van der Waals surface area (Å²) in [6.07, 6.45) is 2.79. The zero-order chi connectivity index (χ0) is 30.8. The Balaban J connectivity index is 1.18. The molecule has 10 nitrogen and oxygen atoms in total. The summed E-state index contributed by atoms with van der Waals surface area (Å²) < 4.78 is 37.5. The van der Waals surface area contributed by atoms with Crippen LogP contribution in [0.1, 0.15) is 48.8 Å². The van der Waals surface area contributed by atoms with E-state index in [1.165, 1.54) is 6.07 Å². The molecule has 0 saturated carbocycles. The first kappa shape index (κ1) is 30.1. The predicted octanol–water partition coefficient (Wildman–Crippen LogP) is 4.36. The monoisotopic (exact) mass is 615 g/mol. The number of sulfone groups is 1. The third-order valence-electron chi connectivity index (χ3n) is 8.02. The van der Waals surface area contributed by atoms with E-state index in [1.807, 2.05) is 43.3 Å². The molecule has 0 bridgehead atoms. The Hall–Kier alpha value is -3.93. The van der Waals surface area contributed by atoms with Crippen molar-refractivity contribution in [1.82, 2.24) is 20.3 Å². The Morgan fingerprint density at radius 1 is 1.05 bits per heavy atom. The molecule has 3 aromatic heterocycles. The maximum Gasteiger partial charge on any atom is 0.251 e. The Morgan fingerprint density at radius 2 is 1.84 bits per heavy atom. The van der Waals surface area contributed by atoms with Crippen molar-refractivity contribution in [2.75, 3.05) is 30.3 Å². The Bertz CT molecular complexity index is 1790. The van der Waals surface area contributed by atoms with E-state index in [4.69, 9.17) is 19.4 Å². The molecule has 230 valence electrons. The number of nitrogens with one attached hydrogen (secondary N) is 1. The van der Waals surface area contributed by atoms with Crippen LogP contribution in [0.2, 0.25) is 0 Å². The molecule has 0 unspecified atom stereocenters. The highest BCUT2D eigenvalue weighted by Gasteiger charge is 2.28. The number of ether oxygens (including phenoxy) is 2. The van der Waals surface area contributed by atoms with Crippen LogP contribution < -0.4 is 10.2 Å². The molecule has 11 heteroatoms. The third kappa shape index (κ3) is 6.59. The summed E-state index contributed by atoms with van der Waals surface area (Å²) in [5.41, 5.74) is 3.86. The molecule has 6 rings (SSSR count). The molecule has 1 N–H and O–H groups in total. The van der Waals surface area contributed by atoms with Crippen molar-refractivity contribution in [2.45, 2.75) is 63.4 Å². The van der Waals surface area contributed by atoms with E-state index in [9.17, 15) is 13.2 Å². The van der Waals surface area contributed by atoms with Crippen LogP contribution in [0.3, 0.4) is 0 Å². The number of hydrogen-bond acceptors (Lipinski definition) is 9. The molecule has 5 heterocycles. The maximum absolute atomic E-state index is 13.1. The molecule has 1 fully saturated rings. The molecular weight excluding hydrogens is 578 g/mol. The van der Waals surface area contributed by atoms with Crippen LogP contribution in [-0.2, 0) is 32.3 Å². The molecule has 2 aliphatic heterocycles. The van der Waals surface area contributed by atoms with Gasteiger partial charge in [-0.25, -0.2) is 18.4 Å². The number of pyridine rings is 3. The molecular formula is C33H37N5O5S. The number of nitrogens with zero attached hydrogens (tertiary/aromatic N) is 4. The highest BCUT2D eigenvalue weighted by Crippen LogP contribution is 2.28. The van der Waals surface area contributed by atoms with Crippen molar-refractivity contribution >= 4 is 32.5 Å². The van der Waals surface area contributed by atoms with Crippen LogP contribution in [0.5, 0.6) is 0 Å². The number of aromatic nitrogens is 3. The van der Waals surface area contributed by atoms with Crippen molar-refractivity contribution in [3.05, 3.63) is 77.6 Å². The number of carbonyl (C=O) groups excluding carboxylic acids is 1. The number of hydrogen-bond donors (Lipinski definition) is 1. The fourth-order valence-electron chi connectivity index (χ4n) is 5.95. The number of morpholine rings is 1. The molecule has 1 aromatic carbocycles. The molecule has 0 aliphatic carbocycles. The summed E-state index contributed by atoms with van der Waals surface area (Å²) in [4.78, 5) is 29.8. The quantitative estimate of drug-likeness (QED) is 0.323. The number of rotatable bonds is 7. The maximum atomic E-state index is 13.1. The van der Waals surface area contributed by atoms with Crippen LogP contribution in [0.15, 0.2) is 65.7 Å². The summed E-state index contributed by atoms with van der Waals surface area (Å²) in [7, 11) is -3.51. The van der Waals surface area contributed by atoms with Crippen LogP contribution >= 0.6 is 0 Å². The van der Waals surface area contributed by atoms with Gasteiger partial charge in [0.2, 0.25) is 0 Å². The molecule has 0 spiro atoms. The lowest BCUT2D eigenvalue weighted by molar-refractivity contribution is -0.00545. The highest BCUT2D eigenvalue weighted by molar-refractivity contribution is 7.91. The fourth-order valence-corrected chi connectivity index (χ4v) is 7.60. The van der Waals surface area contributed by atoms with Gasteiger partial charge in [0, 0.05) is 36.8 Å². The molecule has 0 radical (unpaired) electrons. The SMILES string of the molecule is CCO[C@H]1CCS(=O)(=O)c2cc(C(=O)NCc3cc4nc(-c5cccc(N6C[C@@H](C)O[C@@H](C)C6)n5)ccc4cn3)ccc2C1. The normalized spacial score (nSPS) is 21.4. The molecule has 1 saturated heterocycles. The summed E-state index contributed by atoms with van der Waals surface area (Å²) in [5, 5.41) is 3.75. The summed E-state index contributed by atoms with van der Waals surface area (Å²) in [6, 6.07) is 16.6. The van der Waals surface area contributed by atoms with Crippen LogP contribution in [0.25, 0.3) is 22.3 Å². The third-order valence-corrected chi connectivity index (χ3v) is 9.85. The largest absolute Gasteiger partial charge is 0.378 e. The van der Waals surface area contributed by atoms with Gasteiger partial charge in [-0.15, -0.1) is 0 Å². The van der Waals surface area contributed by atoms with E-state index in [-0.39, 0.29) is 41.4 Å². The second-order valence-corrected chi connectivity index (χ2v) is 13.6. The standard InChI is InChI=1S/C33H37N5O5S/c1-4-42-27-12-13-44(40,41)31-15-24(9-8-23(31)14-27)33(39)35-18-26-16-30-25(17-34-26)10-11-29(36-30)28-6-5-7-32(37-28)38-19-21(2)43-22(3)20-38/h5-11,15-17,21-22,27H,4,12-14,18-20H2,1-3H3,(H,35,39)/t21-,22+,27-/m0/s1. The minimum Gasteiger partial charge on any atom is -0.378 e. The van der Waals surface area contributed by atoms with E-state index in [0.29, 0.717) is 36.3 Å². The summed E-state index contributed by atoms with van der Waals surface area (Å²) >= 11 is 0. The molecule has 4 aromatic rings. The van der Waals surface area contributed by atoms with Crippen molar-refractivity contribution in [3.63, 3.8) is 0 Å². The van der Waals surface area contributed by atoms with Gasteiger partial charge in [0.1, 0.15) is 5.82 Å².